The highest BCUT2D eigenvalue weighted by atomic mass is 79.9. The van der Waals surface area contributed by atoms with Crippen molar-refractivity contribution in [1.82, 2.24) is 4.90 Å². The van der Waals surface area contributed by atoms with Crippen LogP contribution in [0.25, 0.3) is 11.0 Å². The van der Waals surface area contributed by atoms with Gasteiger partial charge in [-0.15, -0.1) is 0 Å². The molecule has 160 valence electrons. The number of halogens is 1. The standard InChI is InChI=1S/C24H22BrNO5/c1-2-29-16-8-5-14(6-9-16)21-20-22(27)18-12-15(25)7-10-19(18)31-23(20)24(28)26(21)13-17-4-3-11-30-17/h5-10,12,17,21H,2-4,11,13H2,1H3. The highest BCUT2D eigenvalue weighted by molar-refractivity contribution is 9.10. The van der Waals surface area contributed by atoms with Crippen molar-refractivity contribution in [2.75, 3.05) is 19.8 Å². The van der Waals surface area contributed by atoms with Gasteiger partial charge in [-0.25, -0.2) is 0 Å². The number of ether oxygens (including phenoxy) is 2. The quantitative estimate of drug-likeness (QED) is 0.526. The van der Waals surface area contributed by atoms with Gasteiger partial charge in [0.1, 0.15) is 11.3 Å². The van der Waals surface area contributed by atoms with E-state index in [0.717, 1.165) is 28.6 Å². The predicted molar refractivity (Wildman–Crippen MR) is 120 cm³/mol. The van der Waals surface area contributed by atoms with E-state index in [9.17, 15) is 9.59 Å². The average Bonchev–Trinajstić information content (AvgIpc) is 3.37. The minimum Gasteiger partial charge on any atom is -0.494 e. The molecule has 3 heterocycles. The Morgan fingerprint density at radius 1 is 1.16 bits per heavy atom. The molecule has 0 N–H and O–H groups in total. The average molecular weight is 484 g/mol. The highest BCUT2D eigenvalue weighted by Gasteiger charge is 2.43. The lowest BCUT2D eigenvalue weighted by Gasteiger charge is -2.27. The summed E-state index contributed by atoms with van der Waals surface area (Å²) in [6.45, 7) is 3.61. The first-order valence-electron chi connectivity index (χ1n) is 10.5. The number of carbonyl (C=O) groups excluding carboxylic acids is 1. The molecule has 2 unspecified atom stereocenters. The molecule has 0 radical (unpaired) electrons. The van der Waals surface area contributed by atoms with Gasteiger partial charge in [-0.1, -0.05) is 28.1 Å². The molecular weight excluding hydrogens is 462 g/mol. The minimum absolute atomic E-state index is 0.0397. The summed E-state index contributed by atoms with van der Waals surface area (Å²) in [5.74, 6) is 0.596. The first-order valence-corrected chi connectivity index (χ1v) is 11.3. The molecule has 1 saturated heterocycles. The third-order valence-corrected chi connectivity index (χ3v) is 6.35. The smallest absolute Gasteiger partial charge is 0.291 e. The van der Waals surface area contributed by atoms with E-state index in [1.54, 1.807) is 23.1 Å². The van der Waals surface area contributed by atoms with Crippen molar-refractivity contribution >= 4 is 32.8 Å². The molecule has 31 heavy (non-hydrogen) atoms. The second-order valence-corrected chi connectivity index (χ2v) is 8.73. The Balaban J connectivity index is 1.66. The van der Waals surface area contributed by atoms with Crippen molar-refractivity contribution in [1.29, 1.82) is 0 Å². The summed E-state index contributed by atoms with van der Waals surface area (Å²) in [5, 5.41) is 0.454. The molecule has 5 rings (SSSR count). The number of nitrogens with zero attached hydrogens (tertiary/aromatic N) is 1. The van der Waals surface area contributed by atoms with Crippen molar-refractivity contribution in [2.24, 2.45) is 0 Å². The molecule has 2 aliphatic rings. The molecule has 6 nitrogen and oxygen atoms in total. The lowest BCUT2D eigenvalue weighted by atomic mass is 9.98. The van der Waals surface area contributed by atoms with Gasteiger partial charge >= 0.3 is 0 Å². The fraction of sp³-hybridized carbons (Fsp3) is 0.333. The second-order valence-electron chi connectivity index (χ2n) is 7.81. The zero-order chi connectivity index (χ0) is 21.5. The SMILES string of the molecule is CCOc1ccc(C2c3c(oc4ccc(Br)cc4c3=O)C(=O)N2CC2CCCO2)cc1. The summed E-state index contributed by atoms with van der Waals surface area (Å²) in [7, 11) is 0. The lowest BCUT2D eigenvalue weighted by molar-refractivity contribution is 0.0486. The van der Waals surface area contributed by atoms with Crippen LogP contribution in [0.1, 0.15) is 47.5 Å². The summed E-state index contributed by atoms with van der Waals surface area (Å²) in [6, 6.07) is 12.3. The first-order chi connectivity index (χ1) is 15.1. The van der Waals surface area contributed by atoms with Gasteiger partial charge in [0.05, 0.1) is 29.7 Å². The molecule has 0 spiro atoms. The molecule has 0 saturated carbocycles. The number of hydrogen-bond donors (Lipinski definition) is 0. The summed E-state index contributed by atoms with van der Waals surface area (Å²) in [5.41, 5.74) is 1.46. The van der Waals surface area contributed by atoms with E-state index in [1.807, 2.05) is 31.2 Å². The molecule has 0 aliphatic carbocycles. The summed E-state index contributed by atoms with van der Waals surface area (Å²) >= 11 is 3.42. The monoisotopic (exact) mass is 483 g/mol. The molecule has 3 aromatic rings. The first kappa shape index (κ1) is 20.3. The second kappa shape index (κ2) is 8.13. The van der Waals surface area contributed by atoms with Gasteiger partial charge in [0, 0.05) is 17.6 Å². The van der Waals surface area contributed by atoms with Gasteiger partial charge in [-0.05, 0) is 55.7 Å². The molecule has 1 aromatic heterocycles. The molecular formula is C24H22BrNO5. The number of hydrogen-bond acceptors (Lipinski definition) is 5. The van der Waals surface area contributed by atoms with Gasteiger partial charge in [-0.3, -0.25) is 9.59 Å². The van der Waals surface area contributed by atoms with E-state index in [2.05, 4.69) is 15.9 Å². The zero-order valence-corrected chi connectivity index (χ0v) is 18.7. The Labute approximate surface area is 187 Å². The summed E-state index contributed by atoms with van der Waals surface area (Å²) in [4.78, 5) is 28.7. The van der Waals surface area contributed by atoms with E-state index >= 15 is 0 Å². The van der Waals surface area contributed by atoms with Gasteiger partial charge in [0.2, 0.25) is 5.76 Å². The number of carbonyl (C=O) groups is 1. The molecule has 7 heteroatoms. The number of fused-ring (bicyclic) bond motifs is 2. The van der Waals surface area contributed by atoms with Crippen molar-refractivity contribution in [3.05, 3.63) is 74.0 Å². The molecule has 1 fully saturated rings. The highest BCUT2D eigenvalue weighted by Crippen LogP contribution is 2.39. The zero-order valence-electron chi connectivity index (χ0n) is 17.1. The number of benzene rings is 2. The largest absolute Gasteiger partial charge is 0.494 e. The van der Waals surface area contributed by atoms with Crippen molar-refractivity contribution in [3.63, 3.8) is 0 Å². The van der Waals surface area contributed by atoms with Gasteiger partial charge in [-0.2, -0.15) is 0 Å². The fourth-order valence-corrected chi connectivity index (χ4v) is 4.81. The molecule has 2 aromatic carbocycles. The molecule has 2 atom stereocenters. The van der Waals surface area contributed by atoms with E-state index in [4.69, 9.17) is 13.9 Å². The van der Waals surface area contributed by atoms with E-state index in [1.165, 1.54) is 0 Å². The van der Waals surface area contributed by atoms with Crippen LogP contribution in [-0.4, -0.2) is 36.7 Å². The fourth-order valence-electron chi connectivity index (χ4n) is 4.45. The normalized spacial score (nSPS) is 20.5. The summed E-state index contributed by atoms with van der Waals surface area (Å²) < 4.78 is 18.1. The van der Waals surface area contributed by atoms with Crippen LogP contribution in [0.5, 0.6) is 5.75 Å². The Bertz CT molecular complexity index is 1200. The van der Waals surface area contributed by atoms with Gasteiger partial charge in [0.15, 0.2) is 5.43 Å². The molecule has 1 amide bonds. The van der Waals surface area contributed by atoms with Gasteiger partial charge in [0.25, 0.3) is 5.91 Å². The number of amides is 1. The lowest BCUT2D eigenvalue weighted by Crippen LogP contribution is -2.36. The van der Waals surface area contributed by atoms with Crippen molar-refractivity contribution in [3.8, 4) is 5.75 Å². The van der Waals surface area contributed by atoms with Crippen LogP contribution in [0.2, 0.25) is 0 Å². The van der Waals surface area contributed by atoms with Crippen LogP contribution in [-0.2, 0) is 4.74 Å². The Hall–Kier alpha value is -2.64. The maximum absolute atomic E-state index is 13.5. The van der Waals surface area contributed by atoms with E-state index in [-0.39, 0.29) is 23.2 Å². The number of rotatable bonds is 5. The maximum Gasteiger partial charge on any atom is 0.291 e. The molecule has 2 aliphatic heterocycles. The minimum atomic E-state index is -0.526. The van der Waals surface area contributed by atoms with Crippen LogP contribution < -0.4 is 10.2 Å². The predicted octanol–water partition coefficient (Wildman–Crippen LogP) is 4.68. The summed E-state index contributed by atoms with van der Waals surface area (Å²) in [6.07, 6.45) is 1.83. The van der Waals surface area contributed by atoms with Crippen LogP contribution >= 0.6 is 15.9 Å². The third-order valence-electron chi connectivity index (χ3n) is 5.86. The van der Waals surface area contributed by atoms with E-state index < -0.39 is 6.04 Å². The van der Waals surface area contributed by atoms with Crippen LogP contribution in [0, 0.1) is 0 Å². The van der Waals surface area contributed by atoms with Crippen molar-refractivity contribution < 1.29 is 18.7 Å². The topological polar surface area (TPSA) is 69.0 Å². The van der Waals surface area contributed by atoms with Crippen LogP contribution in [0.3, 0.4) is 0 Å². The van der Waals surface area contributed by atoms with Crippen LogP contribution in [0.4, 0.5) is 0 Å². The Morgan fingerprint density at radius 2 is 1.97 bits per heavy atom. The Morgan fingerprint density at radius 3 is 2.68 bits per heavy atom. The van der Waals surface area contributed by atoms with E-state index in [0.29, 0.717) is 36.3 Å². The van der Waals surface area contributed by atoms with Gasteiger partial charge < -0.3 is 18.8 Å². The molecule has 0 bridgehead atoms. The van der Waals surface area contributed by atoms with Crippen LogP contribution in [0.15, 0.2) is 56.1 Å². The maximum atomic E-state index is 13.5. The van der Waals surface area contributed by atoms with Crippen molar-refractivity contribution in [2.45, 2.75) is 31.9 Å². The Kier molecular flexibility index (Phi) is 5.32. The third kappa shape index (κ3) is 3.55.